The van der Waals surface area contributed by atoms with Crippen molar-refractivity contribution in [3.8, 4) is 0 Å². The molecular weight excluding hydrogens is 240 g/mol. The summed E-state index contributed by atoms with van der Waals surface area (Å²) in [5.41, 5.74) is 3.02. The van der Waals surface area contributed by atoms with Gasteiger partial charge in [-0.3, -0.25) is 4.79 Å². The number of hydrogen-bond acceptors (Lipinski definition) is 3. The average Bonchev–Trinajstić information content (AvgIpc) is 2.39. The standard InChI is InChI=1S/C15H16N2O2/c1-10-8-16-14(17-9-10)13(15(18)19)7-12-6-4-3-5-11(12)2/h3-6,8-9,13H,7H2,1-2H3,(H,18,19). The Morgan fingerprint density at radius 2 is 1.84 bits per heavy atom. The number of benzene rings is 1. The zero-order chi connectivity index (χ0) is 13.8. The molecule has 19 heavy (non-hydrogen) atoms. The predicted molar refractivity (Wildman–Crippen MR) is 72.0 cm³/mol. The summed E-state index contributed by atoms with van der Waals surface area (Å²) in [6.45, 7) is 3.85. The van der Waals surface area contributed by atoms with Crippen LogP contribution in [0, 0.1) is 13.8 Å². The molecular formula is C15H16N2O2. The highest BCUT2D eigenvalue weighted by atomic mass is 16.4. The lowest BCUT2D eigenvalue weighted by Gasteiger charge is -2.12. The van der Waals surface area contributed by atoms with E-state index in [9.17, 15) is 9.90 Å². The number of carbonyl (C=O) groups is 1. The lowest BCUT2D eigenvalue weighted by atomic mass is 9.95. The number of hydrogen-bond donors (Lipinski definition) is 1. The molecule has 1 N–H and O–H groups in total. The predicted octanol–water partition coefficient (Wildman–Crippen LogP) is 2.50. The molecule has 98 valence electrons. The summed E-state index contributed by atoms with van der Waals surface area (Å²) in [6.07, 6.45) is 3.71. The summed E-state index contributed by atoms with van der Waals surface area (Å²) in [5, 5.41) is 9.37. The highest BCUT2D eigenvalue weighted by molar-refractivity contribution is 5.75. The molecule has 0 bridgehead atoms. The third-order valence-electron chi connectivity index (χ3n) is 3.10. The monoisotopic (exact) mass is 256 g/mol. The normalized spacial score (nSPS) is 12.1. The Bertz CT molecular complexity index is 579. The summed E-state index contributed by atoms with van der Waals surface area (Å²) >= 11 is 0. The summed E-state index contributed by atoms with van der Waals surface area (Å²) in [7, 11) is 0. The third kappa shape index (κ3) is 3.16. The largest absolute Gasteiger partial charge is 0.481 e. The molecule has 2 rings (SSSR count). The highest BCUT2D eigenvalue weighted by Crippen LogP contribution is 2.20. The molecule has 0 saturated carbocycles. The van der Waals surface area contributed by atoms with Gasteiger partial charge >= 0.3 is 5.97 Å². The van der Waals surface area contributed by atoms with Gasteiger partial charge in [0, 0.05) is 12.4 Å². The molecule has 1 unspecified atom stereocenters. The molecule has 0 radical (unpaired) electrons. The van der Waals surface area contributed by atoms with Crippen molar-refractivity contribution in [1.82, 2.24) is 9.97 Å². The van der Waals surface area contributed by atoms with Gasteiger partial charge in [0.05, 0.1) is 0 Å². The fourth-order valence-corrected chi connectivity index (χ4v) is 1.93. The van der Waals surface area contributed by atoms with Gasteiger partial charge in [-0.15, -0.1) is 0 Å². The second-order valence-corrected chi connectivity index (χ2v) is 4.64. The summed E-state index contributed by atoms with van der Waals surface area (Å²) < 4.78 is 0. The lowest BCUT2D eigenvalue weighted by molar-refractivity contribution is -0.139. The second kappa shape index (κ2) is 5.61. The van der Waals surface area contributed by atoms with Gasteiger partial charge in [-0.25, -0.2) is 9.97 Å². The zero-order valence-electron chi connectivity index (χ0n) is 11.0. The fourth-order valence-electron chi connectivity index (χ4n) is 1.93. The van der Waals surface area contributed by atoms with E-state index in [1.165, 1.54) is 0 Å². The van der Waals surface area contributed by atoms with Gasteiger partial charge in [-0.2, -0.15) is 0 Å². The smallest absolute Gasteiger partial charge is 0.314 e. The number of aryl methyl sites for hydroxylation is 2. The van der Waals surface area contributed by atoms with Crippen molar-refractivity contribution in [3.05, 3.63) is 59.2 Å². The number of carboxylic acid groups (broad SMARTS) is 1. The molecule has 0 fully saturated rings. The van der Waals surface area contributed by atoms with Crippen molar-refractivity contribution >= 4 is 5.97 Å². The third-order valence-corrected chi connectivity index (χ3v) is 3.10. The summed E-state index contributed by atoms with van der Waals surface area (Å²) in [4.78, 5) is 19.7. The van der Waals surface area contributed by atoms with Gasteiger partial charge in [0.1, 0.15) is 11.7 Å². The van der Waals surface area contributed by atoms with Crippen LogP contribution in [0.1, 0.15) is 28.4 Å². The second-order valence-electron chi connectivity index (χ2n) is 4.64. The van der Waals surface area contributed by atoms with E-state index in [1.54, 1.807) is 12.4 Å². The molecule has 4 heteroatoms. The van der Waals surface area contributed by atoms with E-state index in [4.69, 9.17) is 0 Å². The lowest BCUT2D eigenvalue weighted by Crippen LogP contribution is -2.17. The van der Waals surface area contributed by atoms with E-state index in [0.29, 0.717) is 12.2 Å². The van der Waals surface area contributed by atoms with E-state index in [2.05, 4.69) is 9.97 Å². The van der Waals surface area contributed by atoms with Crippen LogP contribution in [0.15, 0.2) is 36.7 Å². The van der Waals surface area contributed by atoms with Crippen molar-refractivity contribution in [3.63, 3.8) is 0 Å². The van der Waals surface area contributed by atoms with E-state index < -0.39 is 11.9 Å². The zero-order valence-corrected chi connectivity index (χ0v) is 11.0. The first kappa shape index (κ1) is 13.2. The molecule has 1 aromatic heterocycles. The maximum atomic E-state index is 11.4. The van der Waals surface area contributed by atoms with Crippen LogP contribution in [0.5, 0.6) is 0 Å². The van der Waals surface area contributed by atoms with Crippen LogP contribution >= 0.6 is 0 Å². The summed E-state index contributed by atoms with van der Waals surface area (Å²) in [6, 6.07) is 7.78. The first-order valence-corrected chi connectivity index (χ1v) is 6.14. The summed E-state index contributed by atoms with van der Waals surface area (Å²) in [5.74, 6) is -1.24. The van der Waals surface area contributed by atoms with E-state index >= 15 is 0 Å². The minimum atomic E-state index is -0.896. The SMILES string of the molecule is Cc1cnc(C(Cc2ccccc2C)C(=O)O)nc1. The maximum absolute atomic E-state index is 11.4. The van der Waals surface area contributed by atoms with Crippen LogP contribution in [0.3, 0.4) is 0 Å². The Labute approximate surface area is 112 Å². The number of aromatic nitrogens is 2. The Balaban J connectivity index is 2.29. The molecule has 4 nitrogen and oxygen atoms in total. The molecule has 0 aliphatic rings. The van der Waals surface area contributed by atoms with Crippen LogP contribution in [-0.2, 0) is 11.2 Å². The Morgan fingerprint density at radius 1 is 1.21 bits per heavy atom. The molecule has 0 saturated heterocycles. The van der Waals surface area contributed by atoms with Gasteiger partial charge in [0.15, 0.2) is 0 Å². The Hall–Kier alpha value is -2.23. The highest BCUT2D eigenvalue weighted by Gasteiger charge is 2.23. The van der Waals surface area contributed by atoms with Crippen LogP contribution in [0.4, 0.5) is 0 Å². The van der Waals surface area contributed by atoms with E-state index in [0.717, 1.165) is 16.7 Å². The molecule has 0 aliphatic heterocycles. The average molecular weight is 256 g/mol. The number of rotatable bonds is 4. The quantitative estimate of drug-likeness (QED) is 0.913. The van der Waals surface area contributed by atoms with Gasteiger partial charge in [-0.1, -0.05) is 24.3 Å². The van der Waals surface area contributed by atoms with Gasteiger partial charge < -0.3 is 5.11 Å². The first-order valence-electron chi connectivity index (χ1n) is 6.14. The Kier molecular flexibility index (Phi) is 3.90. The van der Waals surface area contributed by atoms with E-state index in [-0.39, 0.29) is 0 Å². The van der Waals surface area contributed by atoms with Crippen molar-refractivity contribution in [2.24, 2.45) is 0 Å². The van der Waals surface area contributed by atoms with Crippen molar-refractivity contribution in [1.29, 1.82) is 0 Å². The van der Waals surface area contributed by atoms with Crippen LogP contribution < -0.4 is 0 Å². The topological polar surface area (TPSA) is 63.1 Å². The number of carboxylic acids is 1. The Morgan fingerprint density at radius 3 is 2.42 bits per heavy atom. The van der Waals surface area contributed by atoms with Gasteiger partial charge in [0.2, 0.25) is 0 Å². The molecule has 0 aliphatic carbocycles. The van der Waals surface area contributed by atoms with Crippen LogP contribution in [0.25, 0.3) is 0 Å². The first-order chi connectivity index (χ1) is 9.08. The van der Waals surface area contributed by atoms with Gasteiger partial charge in [0.25, 0.3) is 0 Å². The minimum absolute atomic E-state index is 0.362. The minimum Gasteiger partial charge on any atom is -0.481 e. The molecule has 0 amide bonds. The fraction of sp³-hybridized carbons (Fsp3) is 0.267. The van der Waals surface area contributed by atoms with Crippen molar-refractivity contribution < 1.29 is 9.90 Å². The molecule has 1 aromatic carbocycles. The number of aliphatic carboxylic acids is 1. The van der Waals surface area contributed by atoms with Gasteiger partial charge in [-0.05, 0) is 37.0 Å². The number of nitrogens with zero attached hydrogens (tertiary/aromatic N) is 2. The maximum Gasteiger partial charge on any atom is 0.314 e. The van der Waals surface area contributed by atoms with Crippen LogP contribution in [0.2, 0.25) is 0 Å². The molecule has 0 spiro atoms. The molecule has 1 atom stereocenters. The van der Waals surface area contributed by atoms with Crippen LogP contribution in [-0.4, -0.2) is 21.0 Å². The van der Waals surface area contributed by atoms with Crippen molar-refractivity contribution in [2.75, 3.05) is 0 Å². The molecule has 2 aromatic rings. The van der Waals surface area contributed by atoms with E-state index in [1.807, 2.05) is 38.1 Å². The van der Waals surface area contributed by atoms with Crippen molar-refractivity contribution in [2.45, 2.75) is 26.2 Å². The molecule has 1 heterocycles.